The quantitative estimate of drug-likeness (QED) is 0.716. The highest BCUT2D eigenvalue weighted by Gasteiger charge is 2.34. The molecule has 2 N–H and O–H groups in total. The SMILES string of the molecule is O=C(NC1COCC1n1nc2c(cc1=O)CCCC2)c1n[nH]c2ccccc12. The van der Waals surface area contributed by atoms with Crippen molar-refractivity contribution < 1.29 is 9.53 Å². The molecule has 2 unspecified atom stereocenters. The maximum atomic E-state index is 12.8. The fourth-order valence-corrected chi connectivity index (χ4v) is 4.11. The second kappa shape index (κ2) is 6.87. The average Bonchev–Trinajstić information content (AvgIpc) is 3.34. The van der Waals surface area contributed by atoms with Crippen LogP contribution in [0, 0.1) is 0 Å². The maximum absolute atomic E-state index is 12.8. The van der Waals surface area contributed by atoms with E-state index in [4.69, 9.17) is 4.74 Å². The molecule has 0 saturated carbocycles. The number of aryl methyl sites for hydroxylation is 2. The highest BCUT2D eigenvalue weighted by Crippen LogP contribution is 2.22. The number of aromatic nitrogens is 4. The summed E-state index contributed by atoms with van der Waals surface area (Å²) in [6.45, 7) is 0.682. The zero-order chi connectivity index (χ0) is 19.1. The van der Waals surface area contributed by atoms with Gasteiger partial charge in [0.05, 0.1) is 30.5 Å². The Balaban J connectivity index is 1.42. The fourth-order valence-electron chi connectivity index (χ4n) is 4.11. The van der Waals surface area contributed by atoms with E-state index in [1.165, 1.54) is 4.68 Å². The molecule has 1 aromatic carbocycles. The summed E-state index contributed by atoms with van der Waals surface area (Å²) in [6, 6.07) is 8.51. The van der Waals surface area contributed by atoms with Gasteiger partial charge in [0.2, 0.25) is 0 Å². The molecule has 1 aliphatic carbocycles. The number of amides is 1. The summed E-state index contributed by atoms with van der Waals surface area (Å²) in [5, 5.41) is 15.4. The lowest BCUT2D eigenvalue weighted by Gasteiger charge is -2.22. The van der Waals surface area contributed by atoms with Crippen molar-refractivity contribution >= 4 is 16.8 Å². The first-order valence-electron chi connectivity index (χ1n) is 9.64. The average molecular weight is 379 g/mol. The number of aromatic amines is 1. The molecule has 3 aromatic rings. The molecule has 2 atom stereocenters. The Bertz CT molecular complexity index is 1100. The van der Waals surface area contributed by atoms with Crippen molar-refractivity contribution in [1.82, 2.24) is 25.3 Å². The molecule has 0 bridgehead atoms. The lowest BCUT2D eigenvalue weighted by atomic mass is 9.97. The van der Waals surface area contributed by atoms with E-state index in [0.29, 0.717) is 18.9 Å². The van der Waals surface area contributed by atoms with Crippen LogP contribution in [0.1, 0.15) is 40.6 Å². The molecule has 0 radical (unpaired) electrons. The Hall–Kier alpha value is -3.00. The molecule has 1 aliphatic heterocycles. The van der Waals surface area contributed by atoms with E-state index < -0.39 is 0 Å². The normalized spacial score (nSPS) is 21.6. The van der Waals surface area contributed by atoms with Crippen molar-refractivity contribution in [1.29, 1.82) is 0 Å². The van der Waals surface area contributed by atoms with Gasteiger partial charge in [0, 0.05) is 11.5 Å². The molecule has 2 aliphatic rings. The second-order valence-electron chi connectivity index (χ2n) is 7.41. The van der Waals surface area contributed by atoms with Crippen LogP contribution < -0.4 is 10.9 Å². The third-order valence-corrected chi connectivity index (χ3v) is 5.60. The first-order chi connectivity index (χ1) is 13.7. The zero-order valence-electron chi connectivity index (χ0n) is 15.4. The van der Waals surface area contributed by atoms with Crippen LogP contribution in [0.4, 0.5) is 0 Å². The molecule has 144 valence electrons. The molecular formula is C20H21N5O3. The topological polar surface area (TPSA) is 102 Å². The smallest absolute Gasteiger partial charge is 0.272 e. The molecule has 1 amide bonds. The zero-order valence-corrected chi connectivity index (χ0v) is 15.4. The van der Waals surface area contributed by atoms with Gasteiger partial charge in [0.15, 0.2) is 5.69 Å². The summed E-state index contributed by atoms with van der Waals surface area (Å²) >= 11 is 0. The van der Waals surface area contributed by atoms with E-state index in [1.807, 2.05) is 24.3 Å². The molecule has 1 saturated heterocycles. The van der Waals surface area contributed by atoms with Gasteiger partial charge in [-0.15, -0.1) is 0 Å². The van der Waals surface area contributed by atoms with Crippen molar-refractivity contribution in [3.8, 4) is 0 Å². The number of benzene rings is 1. The van der Waals surface area contributed by atoms with E-state index >= 15 is 0 Å². The highest BCUT2D eigenvalue weighted by atomic mass is 16.5. The van der Waals surface area contributed by atoms with Gasteiger partial charge in [0.1, 0.15) is 6.04 Å². The lowest BCUT2D eigenvalue weighted by Crippen LogP contribution is -2.44. The molecule has 5 rings (SSSR count). The number of para-hydroxylation sites is 1. The first-order valence-corrected chi connectivity index (χ1v) is 9.64. The van der Waals surface area contributed by atoms with Crippen LogP contribution in [0.3, 0.4) is 0 Å². The van der Waals surface area contributed by atoms with Crippen LogP contribution in [0.2, 0.25) is 0 Å². The molecule has 8 heteroatoms. The summed E-state index contributed by atoms with van der Waals surface area (Å²) in [6.07, 6.45) is 3.98. The Morgan fingerprint density at radius 2 is 2.07 bits per heavy atom. The number of nitrogens with one attached hydrogen (secondary N) is 2. The third-order valence-electron chi connectivity index (χ3n) is 5.60. The number of H-pyrrole nitrogens is 1. The summed E-state index contributed by atoms with van der Waals surface area (Å²) < 4.78 is 7.08. The number of hydrogen-bond donors (Lipinski definition) is 2. The van der Waals surface area contributed by atoms with E-state index in [1.54, 1.807) is 6.07 Å². The Morgan fingerprint density at radius 1 is 1.21 bits per heavy atom. The molecule has 8 nitrogen and oxygen atoms in total. The van der Waals surface area contributed by atoms with Gasteiger partial charge in [-0.05, 0) is 37.3 Å². The third kappa shape index (κ3) is 2.90. The first kappa shape index (κ1) is 17.1. The van der Waals surface area contributed by atoms with E-state index in [9.17, 15) is 9.59 Å². The number of carbonyl (C=O) groups is 1. The van der Waals surface area contributed by atoms with Crippen LogP contribution in [0.25, 0.3) is 10.9 Å². The van der Waals surface area contributed by atoms with Gasteiger partial charge in [-0.25, -0.2) is 4.68 Å². The molecular weight excluding hydrogens is 358 g/mol. The van der Waals surface area contributed by atoms with Crippen LogP contribution >= 0.6 is 0 Å². The fraction of sp³-hybridized carbons (Fsp3) is 0.400. The van der Waals surface area contributed by atoms with Gasteiger partial charge >= 0.3 is 0 Å². The number of hydrogen-bond acceptors (Lipinski definition) is 5. The summed E-state index contributed by atoms with van der Waals surface area (Å²) in [4.78, 5) is 25.4. The Labute approximate surface area is 160 Å². The van der Waals surface area contributed by atoms with Crippen LogP contribution in [-0.2, 0) is 17.6 Å². The van der Waals surface area contributed by atoms with Crippen molar-refractivity contribution in [3.63, 3.8) is 0 Å². The minimum absolute atomic E-state index is 0.138. The van der Waals surface area contributed by atoms with Gasteiger partial charge in [-0.3, -0.25) is 14.7 Å². The Kier molecular flexibility index (Phi) is 4.20. The van der Waals surface area contributed by atoms with Crippen LogP contribution in [0.5, 0.6) is 0 Å². The summed E-state index contributed by atoms with van der Waals surface area (Å²) in [5.74, 6) is -0.288. The van der Waals surface area contributed by atoms with E-state index in [2.05, 4.69) is 20.6 Å². The lowest BCUT2D eigenvalue weighted by molar-refractivity contribution is 0.0921. The molecule has 2 aromatic heterocycles. The minimum Gasteiger partial charge on any atom is -0.377 e. The molecule has 3 heterocycles. The van der Waals surface area contributed by atoms with Crippen molar-refractivity contribution in [2.24, 2.45) is 0 Å². The number of ether oxygens (including phenoxy) is 1. The van der Waals surface area contributed by atoms with E-state index in [-0.39, 0.29) is 23.6 Å². The van der Waals surface area contributed by atoms with Gasteiger partial charge in [-0.2, -0.15) is 10.2 Å². The van der Waals surface area contributed by atoms with Gasteiger partial charge in [0.25, 0.3) is 11.5 Å². The Morgan fingerprint density at radius 3 is 3.00 bits per heavy atom. The number of fused-ring (bicyclic) bond motifs is 2. The predicted octanol–water partition coefficient (Wildman–Crippen LogP) is 1.37. The minimum atomic E-state index is -0.338. The van der Waals surface area contributed by atoms with Crippen LogP contribution in [-0.4, -0.2) is 45.1 Å². The van der Waals surface area contributed by atoms with Crippen LogP contribution in [0.15, 0.2) is 35.1 Å². The molecule has 0 spiro atoms. The highest BCUT2D eigenvalue weighted by molar-refractivity contribution is 6.04. The van der Waals surface area contributed by atoms with Gasteiger partial charge < -0.3 is 10.1 Å². The van der Waals surface area contributed by atoms with Crippen molar-refractivity contribution in [2.75, 3.05) is 13.2 Å². The second-order valence-corrected chi connectivity index (χ2v) is 7.41. The van der Waals surface area contributed by atoms with Crippen molar-refractivity contribution in [3.05, 3.63) is 57.6 Å². The van der Waals surface area contributed by atoms with Gasteiger partial charge in [-0.1, -0.05) is 18.2 Å². The largest absolute Gasteiger partial charge is 0.377 e. The monoisotopic (exact) mass is 379 g/mol. The van der Waals surface area contributed by atoms with Crippen molar-refractivity contribution in [2.45, 2.75) is 37.8 Å². The predicted molar refractivity (Wildman–Crippen MR) is 102 cm³/mol. The summed E-state index contributed by atoms with van der Waals surface area (Å²) in [5.41, 5.74) is 3.04. The number of rotatable bonds is 3. The number of carbonyl (C=O) groups excluding carboxylic acids is 1. The number of nitrogens with zero attached hydrogens (tertiary/aromatic N) is 3. The molecule has 1 fully saturated rings. The standard InChI is InChI=1S/C20H21N5O3/c26-18-9-12-5-1-3-7-14(12)24-25(18)17-11-28-10-16(17)21-20(27)19-13-6-2-4-8-15(13)22-23-19/h2,4,6,8-9,16-17H,1,3,5,7,10-11H2,(H,21,27)(H,22,23). The van der Waals surface area contributed by atoms with E-state index in [0.717, 1.165) is 47.8 Å². The summed E-state index contributed by atoms with van der Waals surface area (Å²) in [7, 11) is 0. The molecule has 28 heavy (non-hydrogen) atoms. The maximum Gasteiger partial charge on any atom is 0.272 e.